The molecule has 0 radical (unpaired) electrons. The molecular weight excluding hydrogens is 261 g/mol. The van der Waals surface area contributed by atoms with E-state index < -0.39 is 17.6 Å². The SMILES string of the molecule is CCCN(CCO)C(=O)c1ccc(C(F)(F)F)cn1. The van der Waals surface area contributed by atoms with Crippen LogP contribution < -0.4 is 0 Å². The van der Waals surface area contributed by atoms with Crippen LogP contribution in [-0.2, 0) is 6.18 Å². The van der Waals surface area contributed by atoms with Gasteiger partial charge in [-0.05, 0) is 18.6 Å². The Morgan fingerprint density at radius 2 is 2.05 bits per heavy atom. The largest absolute Gasteiger partial charge is 0.417 e. The molecule has 0 fully saturated rings. The Labute approximate surface area is 108 Å². The van der Waals surface area contributed by atoms with Crippen LogP contribution in [0.3, 0.4) is 0 Å². The van der Waals surface area contributed by atoms with Crippen molar-refractivity contribution in [3.05, 3.63) is 29.6 Å². The lowest BCUT2D eigenvalue weighted by Crippen LogP contribution is -2.34. The quantitative estimate of drug-likeness (QED) is 0.894. The van der Waals surface area contributed by atoms with E-state index >= 15 is 0 Å². The van der Waals surface area contributed by atoms with Gasteiger partial charge in [0.2, 0.25) is 0 Å². The first-order valence-electron chi connectivity index (χ1n) is 5.83. The maximum absolute atomic E-state index is 12.4. The Bertz CT molecular complexity index is 412. The van der Waals surface area contributed by atoms with E-state index in [-0.39, 0.29) is 18.8 Å². The van der Waals surface area contributed by atoms with Crippen molar-refractivity contribution in [2.75, 3.05) is 19.7 Å². The molecule has 0 saturated carbocycles. The van der Waals surface area contributed by atoms with E-state index in [2.05, 4.69) is 4.98 Å². The number of aliphatic hydroxyl groups excluding tert-OH is 1. The molecule has 0 unspecified atom stereocenters. The number of hydrogen-bond acceptors (Lipinski definition) is 3. The molecule has 1 amide bonds. The van der Waals surface area contributed by atoms with Crippen molar-refractivity contribution in [1.29, 1.82) is 0 Å². The number of alkyl halides is 3. The average molecular weight is 276 g/mol. The molecule has 7 heteroatoms. The first-order valence-corrected chi connectivity index (χ1v) is 5.83. The molecule has 4 nitrogen and oxygen atoms in total. The maximum Gasteiger partial charge on any atom is 0.417 e. The minimum absolute atomic E-state index is 0.0603. The van der Waals surface area contributed by atoms with Crippen molar-refractivity contribution in [3.8, 4) is 0 Å². The van der Waals surface area contributed by atoms with Crippen LogP contribution in [0.25, 0.3) is 0 Å². The third kappa shape index (κ3) is 4.20. The predicted molar refractivity (Wildman–Crippen MR) is 62.5 cm³/mol. The van der Waals surface area contributed by atoms with Crippen molar-refractivity contribution >= 4 is 5.91 Å². The highest BCUT2D eigenvalue weighted by atomic mass is 19.4. The molecule has 0 saturated heterocycles. The molecule has 0 aliphatic rings. The van der Waals surface area contributed by atoms with Gasteiger partial charge in [-0.15, -0.1) is 0 Å². The summed E-state index contributed by atoms with van der Waals surface area (Å²) in [5.74, 6) is -0.482. The molecule has 1 aromatic heterocycles. The molecule has 1 rings (SSSR count). The minimum atomic E-state index is -4.47. The maximum atomic E-state index is 12.4. The summed E-state index contributed by atoms with van der Waals surface area (Å²) in [4.78, 5) is 16.9. The van der Waals surface area contributed by atoms with E-state index in [0.29, 0.717) is 19.2 Å². The highest BCUT2D eigenvalue weighted by molar-refractivity contribution is 5.92. The molecule has 0 bridgehead atoms. The molecule has 1 heterocycles. The monoisotopic (exact) mass is 276 g/mol. The van der Waals surface area contributed by atoms with Crippen LogP contribution in [0.2, 0.25) is 0 Å². The summed E-state index contributed by atoms with van der Waals surface area (Å²) >= 11 is 0. The van der Waals surface area contributed by atoms with E-state index in [1.807, 2.05) is 6.92 Å². The topological polar surface area (TPSA) is 53.4 Å². The van der Waals surface area contributed by atoms with Crippen LogP contribution in [0.4, 0.5) is 13.2 Å². The van der Waals surface area contributed by atoms with Gasteiger partial charge in [0.05, 0.1) is 12.2 Å². The number of aromatic nitrogens is 1. The lowest BCUT2D eigenvalue weighted by atomic mass is 10.2. The zero-order valence-electron chi connectivity index (χ0n) is 10.4. The van der Waals surface area contributed by atoms with Crippen LogP contribution in [0.1, 0.15) is 29.4 Å². The standard InChI is InChI=1S/C12H15F3N2O2/c1-2-5-17(6-7-18)11(19)10-4-3-9(8-16-10)12(13,14)15/h3-4,8,18H,2,5-7H2,1H3. The van der Waals surface area contributed by atoms with Crippen molar-refractivity contribution < 1.29 is 23.1 Å². The number of hydrogen-bond donors (Lipinski definition) is 1. The Morgan fingerprint density at radius 1 is 1.37 bits per heavy atom. The van der Waals surface area contributed by atoms with Gasteiger partial charge >= 0.3 is 6.18 Å². The van der Waals surface area contributed by atoms with Gasteiger partial charge in [0.1, 0.15) is 5.69 Å². The molecule has 0 atom stereocenters. The number of carbonyl (C=O) groups excluding carboxylic acids is 1. The normalized spacial score (nSPS) is 11.4. The molecular formula is C12H15F3N2O2. The number of nitrogens with zero attached hydrogens (tertiary/aromatic N) is 2. The smallest absolute Gasteiger partial charge is 0.395 e. The second-order valence-electron chi connectivity index (χ2n) is 3.95. The number of halogens is 3. The Hall–Kier alpha value is -1.63. The molecule has 1 N–H and O–H groups in total. The fourth-order valence-electron chi connectivity index (χ4n) is 1.56. The fourth-order valence-corrected chi connectivity index (χ4v) is 1.56. The number of aliphatic hydroxyl groups is 1. The van der Waals surface area contributed by atoms with Gasteiger partial charge in [0, 0.05) is 19.3 Å². The van der Waals surface area contributed by atoms with Gasteiger partial charge in [-0.3, -0.25) is 9.78 Å². The molecule has 0 aliphatic heterocycles. The van der Waals surface area contributed by atoms with E-state index in [4.69, 9.17) is 5.11 Å². The summed E-state index contributed by atoms with van der Waals surface area (Å²) in [6, 6.07) is 1.87. The van der Waals surface area contributed by atoms with Crippen molar-refractivity contribution in [2.45, 2.75) is 19.5 Å². The van der Waals surface area contributed by atoms with Gasteiger partial charge in [-0.2, -0.15) is 13.2 Å². The van der Waals surface area contributed by atoms with E-state index in [9.17, 15) is 18.0 Å². The molecule has 0 aromatic carbocycles. The van der Waals surface area contributed by atoms with Crippen molar-refractivity contribution in [3.63, 3.8) is 0 Å². The number of pyridine rings is 1. The van der Waals surface area contributed by atoms with E-state index in [1.54, 1.807) is 0 Å². The Morgan fingerprint density at radius 3 is 2.47 bits per heavy atom. The van der Waals surface area contributed by atoms with Crippen LogP contribution >= 0.6 is 0 Å². The molecule has 106 valence electrons. The van der Waals surface area contributed by atoms with Crippen molar-refractivity contribution in [2.24, 2.45) is 0 Å². The van der Waals surface area contributed by atoms with Gasteiger partial charge in [-0.25, -0.2) is 0 Å². The highest BCUT2D eigenvalue weighted by Crippen LogP contribution is 2.28. The van der Waals surface area contributed by atoms with E-state index in [0.717, 1.165) is 12.1 Å². The first kappa shape index (κ1) is 15.4. The number of rotatable bonds is 5. The average Bonchev–Trinajstić information content (AvgIpc) is 2.37. The molecule has 19 heavy (non-hydrogen) atoms. The lowest BCUT2D eigenvalue weighted by molar-refractivity contribution is -0.137. The Kier molecular flexibility index (Phi) is 5.29. The van der Waals surface area contributed by atoms with Gasteiger partial charge in [0.25, 0.3) is 5.91 Å². The lowest BCUT2D eigenvalue weighted by Gasteiger charge is -2.20. The summed E-state index contributed by atoms with van der Waals surface area (Å²) in [7, 11) is 0. The number of carbonyl (C=O) groups is 1. The van der Waals surface area contributed by atoms with Crippen LogP contribution in [0, 0.1) is 0 Å². The molecule has 0 spiro atoms. The van der Waals surface area contributed by atoms with Crippen LogP contribution in [-0.4, -0.2) is 40.6 Å². The zero-order valence-corrected chi connectivity index (χ0v) is 10.4. The van der Waals surface area contributed by atoms with Gasteiger partial charge < -0.3 is 10.0 Å². The third-order valence-corrected chi connectivity index (χ3v) is 2.46. The predicted octanol–water partition coefficient (Wildman–Crippen LogP) is 1.94. The van der Waals surface area contributed by atoms with Crippen LogP contribution in [0.15, 0.2) is 18.3 Å². The minimum Gasteiger partial charge on any atom is -0.395 e. The highest BCUT2D eigenvalue weighted by Gasteiger charge is 2.31. The van der Waals surface area contributed by atoms with Gasteiger partial charge in [-0.1, -0.05) is 6.92 Å². The third-order valence-electron chi connectivity index (χ3n) is 2.46. The number of amides is 1. The summed E-state index contributed by atoms with van der Waals surface area (Å²) in [5.41, 5.74) is -0.955. The van der Waals surface area contributed by atoms with E-state index in [1.165, 1.54) is 4.90 Å². The Balaban J connectivity index is 2.87. The van der Waals surface area contributed by atoms with Crippen molar-refractivity contribution in [1.82, 2.24) is 9.88 Å². The zero-order chi connectivity index (χ0) is 14.5. The summed E-state index contributed by atoms with van der Waals surface area (Å²) in [5, 5.41) is 8.85. The summed E-state index contributed by atoms with van der Waals surface area (Å²) in [6.07, 6.45) is -3.15. The molecule has 0 aliphatic carbocycles. The summed E-state index contributed by atoms with van der Waals surface area (Å²) < 4.78 is 37.1. The first-order chi connectivity index (χ1) is 8.90. The fraction of sp³-hybridized carbons (Fsp3) is 0.500. The van der Waals surface area contributed by atoms with Gasteiger partial charge in [0.15, 0.2) is 0 Å². The second kappa shape index (κ2) is 6.51. The molecule has 1 aromatic rings. The summed E-state index contributed by atoms with van der Waals surface area (Å²) in [6.45, 7) is 2.21. The second-order valence-corrected chi connectivity index (χ2v) is 3.95. The van der Waals surface area contributed by atoms with Crippen LogP contribution in [0.5, 0.6) is 0 Å².